The second-order valence-corrected chi connectivity index (χ2v) is 6.31. The van der Waals surface area contributed by atoms with Crippen LogP contribution in [0.3, 0.4) is 0 Å². The molecule has 1 N–H and O–H groups in total. The fourth-order valence-corrected chi connectivity index (χ4v) is 2.48. The number of nitrogens with one attached hydrogen (secondary N) is 1. The van der Waals surface area contributed by atoms with Crippen LogP contribution in [0.5, 0.6) is 0 Å². The topological polar surface area (TPSA) is 41.6 Å². The molecule has 1 fully saturated rings. The minimum atomic E-state index is -0.440. The summed E-state index contributed by atoms with van der Waals surface area (Å²) in [7, 11) is 1.93. The van der Waals surface area contributed by atoms with Crippen molar-refractivity contribution in [3.05, 3.63) is 0 Å². The zero-order chi connectivity index (χ0) is 13.8. The van der Waals surface area contributed by atoms with Gasteiger partial charge in [0.2, 0.25) is 0 Å². The minimum Gasteiger partial charge on any atom is -0.443 e. The molecule has 0 aromatic rings. The van der Waals surface area contributed by atoms with Crippen LogP contribution in [0.15, 0.2) is 0 Å². The third kappa shape index (κ3) is 5.25. The van der Waals surface area contributed by atoms with E-state index in [1.165, 1.54) is 19.3 Å². The van der Waals surface area contributed by atoms with Gasteiger partial charge in [0.25, 0.3) is 0 Å². The number of hydrazine groups is 1. The molecule has 0 radical (unpaired) electrons. The molecule has 1 rings (SSSR count). The molecule has 106 valence electrons. The SMILES string of the molecule is CCC1CCC(N(C)NC(=O)OC(C)(C)C)CC1. The van der Waals surface area contributed by atoms with E-state index in [9.17, 15) is 4.79 Å². The van der Waals surface area contributed by atoms with Gasteiger partial charge in [-0.05, 0) is 52.4 Å². The molecular formula is C14H28N2O2. The smallest absolute Gasteiger partial charge is 0.422 e. The van der Waals surface area contributed by atoms with Gasteiger partial charge in [-0.3, -0.25) is 5.43 Å². The predicted octanol–water partition coefficient (Wildman–Crippen LogP) is 3.33. The second kappa shape index (κ2) is 6.41. The van der Waals surface area contributed by atoms with E-state index in [1.807, 2.05) is 32.8 Å². The number of amides is 1. The molecule has 1 aliphatic rings. The Morgan fingerprint density at radius 1 is 1.28 bits per heavy atom. The fourth-order valence-electron chi connectivity index (χ4n) is 2.48. The van der Waals surface area contributed by atoms with Gasteiger partial charge in [-0.15, -0.1) is 0 Å². The van der Waals surface area contributed by atoms with Gasteiger partial charge >= 0.3 is 6.09 Å². The lowest BCUT2D eigenvalue weighted by Crippen LogP contribution is -2.48. The van der Waals surface area contributed by atoms with E-state index >= 15 is 0 Å². The van der Waals surface area contributed by atoms with Crippen LogP contribution >= 0.6 is 0 Å². The molecule has 18 heavy (non-hydrogen) atoms. The third-order valence-electron chi connectivity index (χ3n) is 3.61. The lowest BCUT2D eigenvalue weighted by atomic mass is 9.84. The third-order valence-corrected chi connectivity index (χ3v) is 3.61. The highest BCUT2D eigenvalue weighted by molar-refractivity contribution is 5.67. The summed E-state index contributed by atoms with van der Waals surface area (Å²) in [6.45, 7) is 7.88. The van der Waals surface area contributed by atoms with Gasteiger partial charge in [-0.25, -0.2) is 9.80 Å². The first-order chi connectivity index (χ1) is 8.31. The Morgan fingerprint density at radius 2 is 1.83 bits per heavy atom. The highest BCUT2D eigenvalue weighted by Gasteiger charge is 2.25. The monoisotopic (exact) mass is 256 g/mol. The zero-order valence-electron chi connectivity index (χ0n) is 12.5. The zero-order valence-corrected chi connectivity index (χ0v) is 12.5. The highest BCUT2D eigenvalue weighted by Crippen LogP contribution is 2.28. The largest absolute Gasteiger partial charge is 0.443 e. The summed E-state index contributed by atoms with van der Waals surface area (Å²) < 4.78 is 5.25. The summed E-state index contributed by atoms with van der Waals surface area (Å²) in [4.78, 5) is 11.7. The average Bonchev–Trinajstić information content (AvgIpc) is 2.26. The summed E-state index contributed by atoms with van der Waals surface area (Å²) >= 11 is 0. The maximum atomic E-state index is 11.7. The van der Waals surface area contributed by atoms with Crippen molar-refractivity contribution in [3.63, 3.8) is 0 Å². The summed E-state index contributed by atoms with van der Waals surface area (Å²) in [6, 6.07) is 0.445. The van der Waals surface area contributed by atoms with Crippen molar-refractivity contribution < 1.29 is 9.53 Å². The van der Waals surface area contributed by atoms with E-state index < -0.39 is 5.60 Å². The highest BCUT2D eigenvalue weighted by atomic mass is 16.6. The maximum absolute atomic E-state index is 11.7. The van der Waals surface area contributed by atoms with Crippen LogP contribution in [0.25, 0.3) is 0 Å². The lowest BCUT2D eigenvalue weighted by molar-refractivity contribution is 0.0252. The molecule has 0 saturated heterocycles. The van der Waals surface area contributed by atoms with E-state index in [0.717, 1.165) is 18.8 Å². The fraction of sp³-hybridized carbons (Fsp3) is 0.929. The molecule has 0 aromatic heterocycles. The molecule has 1 aliphatic carbocycles. The molecule has 0 heterocycles. The number of hydrogen-bond acceptors (Lipinski definition) is 3. The number of carbonyl (C=O) groups is 1. The van der Waals surface area contributed by atoms with Crippen LogP contribution in [0.1, 0.15) is 59.8 Å². The van der Waals surface area contributed by atoms with Gasteiger partial charge in [-0.2, -0.15) is 0 Å². The summed E-state index contributed by atoms with van der Waals surface area (Å²) in [5.74, 6) is 0.871. The van der Waals surface area contributed by atoms with Crippen molar-refractivity contribution in [1.29, 1.82) is 0 Å². The number of nitrogens with zero attached hydrogens (tertiary/aromatic N) is 1. The molecule has 0 spiro atoms. The van der Waals surface area contributed by atoms with Crippen LogP contribution in [-0.2, 0) is 4.74 Å². The van der Waals surface area contributed by atoms with Gasteiger partial charge in [0.15, 0.2) is 0 Å². The standard InChI is InChI=1S/C14H28N2O2/c1-6-11-7-9-12(10-8-11)16(5)15-13(17)18-14(2,3)4/h11-12H,6-10H2,1-5H3,(H,15,17). The first kappa shape index (κ1) is 15.3. The van der Waals surface area contributed by atoms with Crippen LogP contribution in [0.4, 0.5) is 4.79 Å². The Bertz CT molecular complexity index is 265. The van der Waals surface area contributed by atoms with Gasteiger partial charge < -0.3 is 4.74 Å². The Labute approximate surface area is 111 Å². The van der Waals surface area contributed by atoms with Gasteiger partial charge in [0, 0.05) is 13.1 Å². The van der Waals surface area contributed by atoms with Gasteiger partial charge in [0.05, 0.1) is 0 Å². The molecule has 1 saturated carbocycles. The number of rotatable bonds is 3. The van der Waals surface area contributed by atoms with Crippen LogP contribution < -0.4 is 5.43 Å². The van der Waals surface area contributed by atoms with Crippen LogP contribution in [-0.4, -0.2) is 29.8 Å². The molecule has 4 heteroatoms. The first-order valence-electron chi connectivity index (χ1n) is 7.04. The van der Waals surface area contributed by atoms with E-state index in [4.69, 9.17) is 4.74 Å². The Hall–Kier alpha value is -0.770. The summed E-state index contributed by atoms with van der Waals surface area (Å²) in [5, 5.41) is 1.92. The Kier molecular flexibility index (Phi) is 5.45. The number of carbonyl (C=O) groups excluding carboxylic acids is 1. The van der Waals surface area contributed by atoms with E-state index in [2.05, 4.69) is 12.3 Å². The molecule has 0 bridgehead atoms. The first-order valence-corrected chi connectivity index (χ1v) is 7.04. The quantitative estimate of drug-likeness (QED) is 0.788. The molecule has 0 aliphatic heterocycles. The summed E-state index contributed by atoms with van der Waals surface area (Å²) in [5.41, 5.74) is 2.37. The van der Waals surface area contributed by atoms with Crippen molar-refractivity contribution in [2.45, 2.75) is 71.4 Å². The minimum absolute atomic E-state index is 0.359. The van der Waals surface area contributed by atoms with Crippen LogP contribution in [0.2, 0.25) is 0 Å². The van der Waals surface area contributed by atoms with Crippen molar-refractivity contribution >= 4 is 6.09 Å². The number of ether oxygens (including phenoxy) is 1. The van der Waals surface area contributed by atoms with E-state index in [-0.39, 0.29) is 6.09 Å². The predicted molar refractivity (Wildman–Crippen MR) is 73.2 cm³/mol. The molecular weight excluding hydrogens is 228 g/mol. The van der Waals surface area contributed by atoms with Gasteiger partial charge in [0.1, 0.15) is 5.60 Å². The normalized spacial score (nSPS) is 25.0. The van der Waals surface area contributed by atoms with Gasteiger partial charge in [-0.1, -0.05) is 13.3 Å². The molecule has 0 aromatic carbocycles. The Morgan fingerprint density at radius 3 is 2.28 bits per heavy atom. The average molecular weight is 256 g/mol. The van der Waals surface area contributed by atoms with Crippen molar-refractivity contribution in [2.75, 3.05) is 7.05 Å². The van der Waals surface area contributed by atoms with Crippen molar-refractivity contribution in [1.82, 2.24) is 10.4 Å². The molecule has 0 atom stereocenters. The maximum Gasteiger partial charge on any atom is 0.422 e. The molecule has 1 amide bonds. The van der Waals surface area contributed by atoms with E-state index in [0.29, 0.717) is 6.04 Å². The second-order valence-electron chi connectivity index (χ2n) is 6.31. The summed E-state index contributed by atoms with van der Waals surface area (Å²) in [6.07, 6.45) is 5.76. The Balaban J connectivity index is 2.33. The van der Waals surface area contributed by atoms with Crippen molar-refractivity contribution in [2.24, 2.45) is 5.92 Å². The van der Waals surface area contributed by atoms with Crippen molar-refractivity contribution in [3.8, 4) is 0 Å². The lowest BCUT2D eigenvalue weighted by Gasteiger charge is -2.34. The number of hydrogen-bond donors (Lipinski definition) is 1. The molecule has 0 unspecified atom stereocenters. The molecule has 4 nitrogen and oxygen atoms in total. The van der Waals surface area contributed by atoms with Crippen LogP contribution in [0, 0.1) is 5.92 Å². The van der Waals surface area contributed by atoms with E-state index in [1.54, 1.807) is 0 Å².